The van der Waals surface area contributed by atoms with Gasteiger partial charge in [-0.15, -0.1) is 4.36 Å². The average molecular weight is 747 g/mol. The van der Waals surface area contributed by atoms with Gasteiger partial charge < -0.3 is 24.1 Å². The molecular weight excluding hydrogens is 700 g/mol. The van der Waals surface area contributed by atoms with Gasteiger partial charge in [0, 0.05) is 48.3 Å². The van der Waals surface area contributed by atoms with E-state index >= 15 is 0 Å². The number of amides is 2. The molecule has 52 heavy (non-hydrogen) atoms. The number of halogens is 1. The smallest absolute Gasteiger partial charge is 0.286 e. The fraction of sp³-hybridized carbons (Fsp3) is 0.500. The van der Waals surface area contributed by atoms with Gasteiger partial charge in [0.1, 0.15) is 21.4 Å². The summed E-state index contributed by atoms with van der Waals surface area (Å²) in [5.74, 6) is 0.0916. The lowest BCUT2D eigenvalue weighted by atomic mass is 9.68. The van der Waals surface area contributed by atoms with Crippen LogP contribution in [0.25, 0.3) is 0 Å². The number of fused-ring (bicyclic) bond motifs is 5. The van der Waals surface area contributed by atoms with E-state index in [2.05, 4.69) is 43.3 Å². The molecule has 3 aromatic rings. The molecule has 1 fully saturated rings. The Morgan fingerprint density at radius 3 is 2.85 bits per heavy atom. The quantitative estimate of drug-likeness (QED) is 0.283. The zero-order chi connectivity index (χ0) is 36.0. The highest BCUT2D eigenvalue weighted by Gasteiger charge is 2.44. The molecule has 276 valence electrons. The maximum Gasteiger partial charge on any atom is 0.286 e. The van der Waals surface area contributed by atoms with Crippen LogP contribution >= 0.6 is 11.6 Å². The summed E-state index contributed by atoms with van der Waals surface area (Å²) in [4.78, 5) is 33.2. The molecular formula is C40H47ClN4O6S. The van der Waals surface area contributed by atoms with Gasteiger partial charge in [-0.1, -0.05) is 36.7 Å². The van der Waals surface area contributed by atoms with E-state index in [0.717, 1.165) is 67.2 Å². The zero-order valence-corrected chi connectivity index (χ0v) is 31.4. The molecule has 2 N–H and O–H groups in total. The topological polar surface area (TPSA) is 122 Å². The summed E-state index contributed by atoms with van der Waals surface area (Å²) in [6.45, 7) is 4.94. The highest BCUT2D eigenvalue weighted by atomic mass is 35.5. The number of aromatic nitrogens is 1. The molecule has 10 nitrogen and oxygen atoms in total. The number of anilines is 1. The first-order chi connectivity index (χ1) is 25.1. The molecule has 1 spiro atoms. The molecule has 8 rings (SSSR count). The van der Waals surface area contributed by atoms with E-state index in [-0.39, 0.29) is 28.9 Å². The van der Waals surface area contributed by atoms with Gasteiger partial charge in [0.25, 0.3) is 11.8 Å². The predicted molar refractivity (Wildman–Crippen MR) is 202 cm³/mol. The first-order valence-electron chi connectivity index (χ1n) is 18.5. The first kappa shape index (κ1) is 35.4. The van der Waals surface area contributed by atoms with Crippen LogP contribution < -0.4 is 14.4 Å². The number of H-pyrrole nitrogens is 1. The van der Waals surface area contributed by atoms with E-state index in [9.17, 15) is 13.8 Å². The van der Waals surface area contributed by atoms with Crippen LogP contribution in [-0.4, -0.2) is 66.3 Å². The van der Waals surface area contributed by atoms with Crippen molar-refractivity contribution in [2.75, 3.05) is 44.1 Å². The third-order valence-electron chi connectivity index (χ3n) is 11.8. The van der Waals surface area contributed by atoms with E-state index in [1.54, 1.807) is 19.2 Å². The number of hydrogen-bond acceptors (Lipinski definition) is 7. The lowest BCUT2D eigenvalue weighted by molar-refractivity contribution is 0.0131. The SMILES string of the molecule is CO[C@H]1/C=C/C[C@H](C)CS(=O)(NC(=O)c2cc3c([nH]2)CCOC3)=NC(=O)c2ccc3c(c2)N(C[C@@H]2CC[C@H]21)C[C@@]1(CCCc2cc(Cl)ccc21)CO3. The van der Waals surface area contributed by atoms with Crippen molar-refractivity contribution in [2.24, 2.45) is 22.1 Å². The molecule has 6 atom stereocenters. The molecule has 2 aromatic carbocycles. The second-order valence-corrected chi connectivity index (χ2v) is 17.8. The molecule has 3 aliphatic heterocycles. The van der Waals surface area contributed by atoms with Crippen LogP contribution in [0.2, 0.25) is 5.02 Å². The Bertz CT molecular complexity index is 2010. The number of nitrogens with one attached hydrogen (secondary N) is 2. The van der Waals surface area contributed by atoms with Crippen LogP contribution in [0.4, 0.5) is 5.69 Å². The second kappa shape index (κ2) is 14.3. The maximum absolute atomic E-state index is 14.6. The van der Waals surface area contributed by atoms with E-state index < -0.39 is 21.7 Å². The molecule has 5 aliphatic rings. The van der Waals surface area contributed by atoms with Crippen molar-refractivity contribution in [1.82, 2.24) is 9.71 Å². The Labute approximate surface area is 310 Å². The fourth-order valence-electron chi connectivity index (χ4n) is 8.94. The molecule has 4 heterocycles. The Morgan fingerprint density at radius 2 is 2.04 bits per heavy atom. The Hall–Kier alpha value is -3.64. The Morgan fingerprint density at radius 1 is 1.15 bits per heavy atom. The lowest BCUT2D eigenvalue weighted by Gasteiger charge is -2.46. The molecule has 2 aliphatic carbocycles. The highest BCUT2D eigenvalue weighted by Crippen LogP contribution is 2.47. The van der Waals surface area contributed by atoms with Crippen molar-refractivity contribution in [3.8, 4) is 5.75 Å². The number of nitrogens with zero attached hydrogens (tertiary/aromatic N) is 2. The van der Waals surface area contributed by atoms with E-state index in [0.29, 0.717) is 55.8 Å². The molecule has 12 heteroatoms. The van der Waals surface area contributed by atoms with Crippen molar-refractivity contribution in [3.05, 3.63) is 93.3 Å². The van der Waals surface area contributed by atoms with Crippen molar-refractivity contribution < 1.29 is 28.0 Å². The van der Waals surface area contributed by atoms with Crippen LogP contribution in [0.3, 0.4) is 0 Å². The monoisotopic (exact) mass is 746 g/mol. The van der Waals surface area contributed by atoms with E-state index in [1.165, 1.54) is 11.1 Å². The molecule has 1 unspecified atom stereocenters. The number of rotatable bonds is 3. The number of aryl methyl sites for hydroxylation is 1. The average Bonchev–Trinajstić information content (AvgIpc) is 3.49. The largest absolute Gasteiger partial charge is 0.490 e. The number of hydrogen-bond donors (Lipinski definition) is 2. The van der Waals surface area contributed by atoms with Crippen LogP contribution in [0.15, 0.2) is 59.0 Å². The number of carbonyl (C=O) groups is 2. The Balaban J connectivity index is 1.18. The molecule has 1 saturated carbocycles. The molecule has 2 amide bonds. The summed E-state index contributed by atoms with van der Waals surface area (Å²) in [5.41, 5.74) is 5.51. The van der Waals surface area contributed by atoms with E-state index in [4.69, 9.17) is 25.8 Å². The van der Waals surface area contributed by atoms with Gasteiger partial charge in [0.05, 0.1) is 37.4 Å². The summed E-state index contributed by atoms with van der Waals surface area (Å²) in [5, 5.41) is 0.741. The normalized spacial score (nSPS) is 30.8. The van der Waals surface area contributed by atoms with Crippen molar-refractivity contribution in [1.29, 1.82) is 0 Å². The molecule has 0 saturated heterocycles. The summed E-state index contributed by atoms with van der Waals surface area (Å²) in [7, 11) is -1.77. The third kappa shape index (κ3) is 6.93. The van der Waals surface area contributed by atoms with Crippen LogP contribution in [0, 0.1) is 17.8 Å². The summed E-state index contributed by atoms with van der Waals surface area (Å²) < 4.78 is 39.9. The standard InChI is InChI=1S/C40H47ClN4O6S/c1-25-5-3-7-36(49-2)31-11-8-28(31)20-45-23-40(15-4-6-26-17-30(41)10-12-32(26)40)24-51-37-13-9-27(19-35(37)45)38(46)43-52(48,22-25)44-39(47)34-18-29-21-50-16-14-33(29)42-34/h3,7,9-10,12-13,17-19,25,28,31,36,42H,4-6,8,11,14-16,20-24H2,1-2H3,(H,43,44,46,47,48)/b7-3+/t25-,28-,31+,36-,40-,52?/m0/s1. The van der Waals surface area contributed by atoms with Crippen molar-refractivity contribution >= 4 is 39.0 Å². The van der Waals surface area contributed by atoms with Crippen molar-refractivity contribution in [2.45, 2.75) is 70.0 Å². The van der Waals surface area contributed by atoms with Crippen LogP contribution in [0.5, 0.6) is 5.75 Å². The van der Waals surface area contributed by atoms with Gasteiger partial charge in [-0.05, 0) is 109 Å². The lowest BCUT2D eigenvalue weighted by Crippen LogP contribution is -2.49. The second-order valence-electron chi connectivity index (χ2n) is 15.4. The van der Waals surface area contributed by atoms with Gasteiger partial charge in [-0.2, -0.15) is 0 Å². The maximum atomic E-state index is 14.6. The number of allylic oxidation sites excluding steroid dienone is 1. The zero-order valence-electron chi connectivity index (χ0n) is 29.8. The molecule has 2 bridgehead atoms. The van der Waals surface area contributed by atoms with E-state index in [1.807, 2.05) is 25.1 Å². The summed E-state index contributed by atoms with van der Waals surface area (Å²) in [6.07, 6.45) is 10.6. The van der Waals surface area contributed by atoms with Crippen molar-refractivity contribution in [3.63, 3.8) is 0 Å². The summed E-state index contributed by atoms with van der Waals surface area (Å²) >= 11 is 6.46. The summed E-state index contributed by atoms with van der Waals surface area (Å²) in [6, 6.07) is 13.3. The number of methoxy groups -OCH3 is 1. The highest BCUT2D eigenvalue weighted by molar-refractivity contribution is 7.92. The third-order valence-corrected chi connectivity index (χ3v) is 14.0. The fourth-order valence-corrected chi connectivity index (χ4v) is 11.0. The van der Waals surface area contributed by atoms with Crippen LogP contribution in [0.1, 0.15) is 82.3 Å². The number of carbonyl (C=O) groups excluding carboxylic acids is 2. The van der Waals surface area contributed by atoms with Gasteiger partial charge in [0.2, 0.25) is 0 Å². The van der Waals surface area contributed by atoms with Gasteiger partial charge in [-0.25, -0.2) is 4.21 Å². The minimum atomic E-state index is -3.54. The van der Waals surface area contributed by atoms with Gasteiger partial charge in [0.15, 0.2) is 0 Å². The van der Waals surface area contributed by atoms with Crippen LogP contribution in [-0.2, 0) is 44.3 Å². The number of ether oxygens (including phenoxy) is 3. The minimum Gasteiger partial charge on any atom is -0.490 e. The van der Waals surface area contributed by atoms with Gasteiger partial charge >= 0.3 is 0 Å². The first-order valence-corrected chi connectivity index (χ1v) is 20.6. The molecule has 0 radical (unpaired) electrons. The number of benzene rings is 2. The predicted octanol–water partition coefficient (Wildman–Crippen LogP) is 6.80. The minimum absolute atomic E-state index is 0.00811. The number of aromatic amines is 1. The van der Waals surface area contributed by atoms with Gasteiger partial charge in [-0.3, -0.25) is 14.3 Å². The molecule has 1 aromatic heterocycles. The Kier molecular flexibility index (Phi) is 9.74.